The average molecular weight is 377 g/mol. The van der Waals surface area contributed by atoms with Crippen molar-refractivity contribution in [3.8, 4) is 5.75 Å². The molecule has 0 amide bonds. The molecule has 0 aliphatic heterocycles. The second kappa shape index (κ2) is 6.43. The topological polar surface area (TPSA) is 52.4 Å². The second-order valence-corrected chi connectivity index (χ2v) is 5.60. The lowest BCUT2D eigenvalue weighted by molar-refractivity contribution is -0.385. The zero-order chi connectivity index (χ0) is 14.7. The molecular weight excluding hydrogens is 369 g/mol. The van der Waals surface area contributed by atoms with Crippen LogP contribution >= 0.6 is 39.1 Å². The van der Waals surface area contributed by atoms with Crippen LogP contribution in [0.3, 0.4) is 0 Å². The summed E-state index contributed by atoms with van der Waals surface area (Å²) in [7, 11) is 0. The van der Waals surface area contributed by atoms with Crippen molar-refractivity contribution < 1.29 is 9.66 Å². The maximum atomic E-state index is 10.9. The molecule has 4 nitrogen and oxygen atoms in total. The van der Waals surface area contributed by atoms with Crippen LogP contribution in [0, 0.1) is 10.1 Å². The SMILES string of the molecule is O=[N+]([O-])c1cccc(Cl)c1OCc1ccc(Br)cc1Cl. The molecule has 0 N–H and O–H groups in total. The number of nitrogens with zero attached hydrogens (tertiary/aromatic N) is 1. The van der Waals surface area contributed by atoms with Crippen LogP contribution in [0.4, 0.5) is 5.69 Å². The van der Waals surface area contributed by atoms with Gasteiger partial charge in [-0.1, -0.05) is 51.3 Å². The summed E-state index contributed by atoms with van der Waals surface area (Å²) >= 11 is 15.3. The molecule has 2 rings (SSSR count). The minimum atomic E-state index is -0.537. The summed E-state index contributed by atoms with van der Waals surface area (Å²) in [5.74, 6) is 0.0400. The number of hydrogen-bond donors (Lipinski definition) is 0. The molecule has 0 fully saturated rings. The van der Waals surface area contributed by atoms with E-state index in [1.807, 2.05) is 6.07 Å². The summed E-state index contributed by atoms with van der Waals surface area (Å²) in [4.78, 5) is 10.4. The Morgan fingerprint density at radius 2 is 1.95 bits per heavy atom. The van der Waals surface area contributed by atoms with Gasteiger partial charge >= 0.3 is 5.69 Å². The maximum Gasteiger partial charge on any atom is 0.312 e. The van der Waals surface area contributed by atoms with Gasteiger partial charge in [-0.05, 0) is 18.2 Å². The van der Waals surface area contributed by atoms with Gasteiger partial charge in [0.15, 0.2) is 0 Å². The van der Waals surface area contributed by atoms with Crippen molar-refractivity contribution in [2.45, 2.75) is 6.61 Å². The van der Waals surface area contributed by atoms with Crippen molar-refractivity contribution >= 4 is 44.8 Å². The third-order valence-electron chi connectivity index (χ3n) is 2.53. The number of benzene rings is 2. The highest BCUT2D eigenvalue weighted by molar-refractivity contribution is 9.10. The molecule has 0 saturated heterocycles. The van der Waals surface area contributed by atoms with Crippen LogP contribution in [0.1, 0.15) is 5.56 Å². The molecule has 0 aromatic heterocycles. The Morgan fingerprint density at radius 1 is 1.20 bits per heavy atom. The fourth-order valence-corrected chi connectivity index (χ4v) is 2.52. The van der Waals surface area contributed by atoms with Crippen LogP contribution in [-0.4, -0.2) is 4.92 Å². The van der Waals surface area contributed by atoms with Gasteiger partial charge in [0.25, 0.3) is 0 Å². The summed E-state index contributed by atoms with van der Waals surface area (Å²) in [5.41, 5.74) is 0.537. The van der Waals surface area contributed by atoms with Crippen LogP contribution in [0.5, 0.6) is 5.75 Å². The zero-order valence-corrected chi connectivity index (χ0v) is 13.1. The second-order valence-electron chi connectivity index (χ2n) is 3.87. The standard InChI is InChI=1S/C13H8BrCl2NO3/c14-9-5-4-8(11(16)6-9)7-20-13-10(15)2-1-3-12(13)17(18)19/h1-6H,7H2. The van der Waals surface area contributed by atoms with E-state index in [9.17, 15) is 10.1 Å². The van der Waals surface area contributed by atoms with Gasteiger partial charge in [0.2, 0.25) is 5.75 Å². The van der Waals surface area contributed by atoms with E-state index in [1.54, 1.807) is 12.1 Å². The molecule has 0 bridgehead atoms. The third kappa shape index (κ3) is 3.42. The molecule has 2 aromatic rings. The van der Waals surface area contributed by atoms with Gasteiger partial charge in [-0.25, -0.2) is 0 Å². The number of hydrogen-bond acceptors (Lipinski definition) is 3. The summed E-state index contributed by atoms with van der Waals surface area (Å²) < 4.78 is 6.31. The lowest BCUT2D eigenvalue weighted by atomic mass is 10.2. The van der Waals surface area contributed by atoms with E-state index in [2.05, 4.69) is 15.9 Å². The van der Waals surface area contributed by atoms with Crippen LogP contribution in [0.25, 0.3) is 0 Å². The third-order valence-corrected chi connectivity index (χ3v) is 3.67. The first-order valence-electron chi connectivity index (χ1n) is 5.48. The van der Waals surface area contributed by atoms with Crippen molar-refractivity contribution in [3.63, 3.8) is 0 Å². The molecule has 0 aliphatic carbocycles. The summed E-state index contributed by atoms with van der Waals surface area (Å²) in [6.07, 6.45) is 0. The first-order chi connectivity index (χ1) is 9.49. The molecule has 0 unspecified atom stereocenters. The van der Waals surface area contributed by atoms with Gasteiger partial charge < -0.3 is 4.74 Å². The normalized spacial score (nSPS) is 10.3. The van der Waals surface area contributed by atoms with Gasteiger partial charge in [-0.15, -0.1) is 0 Å². The van der Waals surface area contributed by atoms with Gasteiger partial charge in [0.1, 0.15) is 6.61 Å². The largest absolute Gasteiger partial charge is 0.481 e. The van der Waals surface area contributed by atoms with E-state index in [4.69, 9.17) is 27.9 Å². The van der Waals surface area contributed by atoms with Crippen molar-refractivity contribution in [2.24, 2.45) is 0 Å². The number of rotatable bonds is 4. The summed E-state index contributed by atoms with van der Waals surface area (Å²) in [6.45, 7) is 0.0939. The van der Waals surface area contributed by atoms with E-state index in [1.165, 1.54) is 18.2 Å². The van der Waals surface area contributed by atoms with Crippen LogP contribution in [0.2, 0.25) is 10.0 Å². The molecular formula is C13H8BrCl2NO3. The number of halogens is 3. The highest BCUT2D eigenvalue weighted by Crippen LogP contribution is 2.35. The van der Waals surface area contributed by atoms with E-state index >= 15 is 0 Å². The predicted octanol–water partition coefficient (Wildman–Crippen LogP) is 5.24. The van der Waals surface area contributed by atoms with Crippen LogP contribution in [-0.2, 0) is 6.61 Å². The monoisotopic (exact) mass is 375 g/mol. The Morgan fingerprint density at radius 3 is 2.60 bits per heavy atom. The average Bonchev–Trinajstić information content (AvgIpc) is 2.38. The molecule has 104 valence electrons. The number of para-hydroxylation sites is 1. The Labute approximate surface area is 133 Å². The van der Waals surface area contributed by atoms with Gasteiger partial charge in [-0.3, -0.25) is 10.1 Å². The Hall–Kier alpha value is -1.30. The maximum absolute atomic E-state index is 10.9. The fourth-order valence-electron chi connectivity index (χ4n) is 1.57. The van der Waals surface area contributed by atoms with E-state index in [0.29, 0.717) is 10.6 Å². The quantitative estimate of drug-likeness (QED) is 0.541. The van der Waals surface area contributed by atoms with Crippen molar-refractivity contribution in [2.75, 3.05) is 0 Å². The molecule has 0 aliphatic rings. The van der Waals surface area contributed by atoms with Gasteiger partial charge in [0.05, 0.1) is 9.95 Å². The first kappa shape index (κ1) is 15.1. The van der Waals surface area contributed by atoms with Crippen molar-refractivity contribution in [3.05, 3.63) is 66.6 Å². The molecule has 0 spiro atoms. The van der Waals surface area contributed by atoms with E-state index < -0.39 is 4.92 Å². The minimum Gasteiger partial charge on any atom is -0.481 e. The summed E-state index contributed by atoms with van der Waals surface area (Å²) in [6, 6.07) is 9.68. The number of nitro groups is 1. The minimum absolute atomic E-state index is 0.0400. The Balaban J connectivity index is 2.25. The zero-order valence-electron chi connectivity index (χ0n) is 9.98. The lowest BCUT2D eigenvalue weighted by Gasteiger charge is -2.09. The molecule has 7 heteroatoms. The molecule has 2 aromatic carbocycles. The van der Waals surface area contributed by atoms with Gasteiger partial charge in [0, 0.05) is 21.1 Å². The fraction of sp³-hybridized carbons (Fsp3) is 0.0769. The Kier molecular flexibility index (Phi) is 4.86. The van der Waals surface area contributed by atoms with Crippen molar-refractivity contribution in [1.29, 1.82) is 0 Å². The highest BCUT2D eigenvalue weighted by Gasteiger charge is 2.18. The molecule has 0 saturated carbocycles. The Bertz CT molecular complexity index is 664. The number of nitro benzene ring substituents is 1. The van der Waals surface area contributed by atoms with Crippen LogP contribution < -0.4 is 4.74 Å². The van der Waals surface area contributed by atoms with E-state index in [0.717, 1.165) is 4.47 Å². The number of ether oxygens (including phenoxy) is 1. The predicted molar refractivity (Wildman–Crippen MR) is 81.6 cm³/mol. The molecule has 0 radical (unpaired) electrons. The van der Waals surface area contributed by atoms with E-state index in [-0.39, 0.29) is 23.1 Å². The van der Waals surface area contributed by atoms with Crippen LogP contribution in [0.15, 0.2) is 40.9 Å². The molecule has 20 heavy (non-hydrogen) atoms. The molecule has 0 heterocycles. The first-order valence-corrected chi connectivity index (χ1v) is 7.03. The van der Waals surface area contributed by atoms with Crippen molar-refractivity contribution in [1.82, 2.24) is 0 Å². The molecule has 0 atom stereocenters. The smallest absolute Gasteiger partial charge is 0.312 e. The van der Waals surface area contributed by atoms with Gasteiger partial charge in [-0.2, -0.15) is 0 Å². The highest BCUT2D eigenvalue weighted by atomic mass is 79.9. The summed E-state index contributed by atoms with van der Waals surface area (Å²) in [5, 5.41) is 11.6. The lowest BCUT2D eigenvalue weighted by Crippen LogP contribution is -2.00.